The van der Waals surface area contributed by atoms with Gasteiger partial charge in [-0.15, -0.1) is 0 Å². The minimum atomic E-state index is -2.55. The zero-order valence-electron chi connectivity index (χ0n) is 6.77. The quantitative estimate of drug-likeness (QED) is 0.647. The van der Waals surface area contributed by atoms with E-state index in [4.69, 9.17) is 0 Å². The SMILES string of the molecule is O=S1(=O)CCCC1.c1ccsc1. The summed E-state index contributed by atoms with van der Waals surface area (Å²) in [5.74, 6) is 0.847. The Morgan fingerprint density at radius 3 is 1.67 bits per heavy atom. The van der Waals surface area contributed by atoms with Gasteiger partial charge >= 0.3 is 0 Å². The molecular formula is C8H12O2S2. The summed E-state index contributed by atoms with van der Waals surface area (Å²) in [5, 5.41) is 4.08. The van der Waals surface area contributed by atoms with Gasteiger partial charge in [0.25, 0.3) is 0 Å². The Balaban J connectivity index is 0.000000127. The number of hydrogen-bond acceptors (Lipinski definition) is 3. The van der Waals surface area contributed by atoms with Crippen LogP contribution in [0.25, 0.3) is 0 Å². The second-order valence-corrected chi connectivity index (χ2v) is 5.77. The van der Waals surface area contributed by atoms with Gasteiger partial charge < -0.3 is 0 Å². The number of hydrogen-bond donors (Lipinski definition) is 0. The number of rotatable bonds is 0. The Hall–Kier alpha value is -0.350. The minimum absolute atomic E-state index is 0.424. The van der Waals surface area contributed by atoms with Crippen molar-refractivity contribution in [2.75, 3.05) is 11.5 Å². The van der Waals surface area contributed by atoms with Gasteiger partial charge in [0.15, 0.2) is 0 Å². The van der Waals surface area contributed by atoms with Crippen LogP contribution in [0.3, 0.4) is 0 Å². The topological polar surface area (TPSA) is 34.1 Å². The summed E-state index contributed by atoms with van der Waals surface area (Å²) in [6.45, 7) is 0. The van der Waals surface area contributed by atoms with Crippen LogP contribution < -0.4 is 0 Å². The zero-order valence-corrected chi connectivity index (χ0v) is 8.40. The first-order chi connectivity index (χ1) is 5.71. The van der Waals surface area contributed by atoms with Crippen LogP contribution in [0.1, 0.15) is 12.8 Å². The number of thiophene rings is 1. The van der Waals surface area contributed by atoms with Crippen molar-refractivity contribution in [3.8, 4) is 0 Å². The Morgan fingerprint density at radius 2 is 1.50 bits per heavy atom. The molecule has 68 valence electrons. The fourth-order valence-corrected chi connectivity index (χ4v) is 2.92. The van der Waals surface area contributed by atoms with E-state index in [0.717, 1.165) is 12.8 Å². The van der Waals surface area contributed by atoms with Gasteiger partial charge in [-0.3, -0.25) is 0 Å². The summed E-state index contributed by atoms with van der Waals surface area (Å²) in [4.78, 5) is 0. The van der Waals surface area contributed by atoms with Gasteiger partial charge in [0.2, 0.25) is 0 Å². The Bertz CT molecular complexity index is 258. The fraction of sp³-hybridized carbons (Fsp3) is 0.500. The maximum absolute atomic E-state index is 10.4. The van der Waals surface area contributed by atoms with Gasteiger partial charge in [-0.1, -0.05) is 12.1 Å². The molecule has 4 heteroatoms. The van der Waals surface area contributed by atoms with E-state index in [2.05, 4.69) is 0 Å². The fourth-order valence-electron chi connectivity index (χ4n) is 0.973. The van der Waals surface area contributed by atoms with Crippen molar-refractivity contribution in [2.45, 2.75) is 12.8 Å². The first kappa shape index (κ1) is 9.74. The lowest BCUT2D eigenvalue weighted by molar-refractivity contribution is 0.602. The average Bonchev–Trinajstić information content (AvgIpc) is 2.60. The van der Waals surface area contributed by atoms with E-state index in [-0.39, 0.29) is 0 Å². The first-order valence-electron chi connectivity index (χ1n) is 3.88. The van der Waals surface area contributed by atoms with Crippen molar-refractivity contribution in [1.82, 2.24) is 0 Å². The second kappa shape index (κ2) is 4.62. The molecule has 1 fully saturated rings. The zero-order chi connectivity index (χ0) is 8.86. The molecule has 2 heterocycles. The summed E-state index contributed by atoms with van der Waals surface area (Å²) in [6.07, 6.45) is 1.75. The van der Waals surface area contributed by atoms with E-state index in [1.54, 1.807) is 11.3 Å². The molecule has 2 nitrogen and oxygen atoms in total. The monoisotopic (exact) mass is 204 g/mol. The van der Waals surface area contributed by atoms with Gasteiger partial charge in [0.05, 0.1) is 11.5 Å². The van der Waals surface area contributed by atoms with Gasteiger partial charge in [0.1, 0.15) is 9.84 Å². The molecule has 1 aliphatic rings. The maximum atomic E-state index is 10.4. The summed E-state index contributed by atoms with van der Waals surface area (Å²) in [5.41, 5.74) is 0. The summed E-state index contributed by atoms with van der Waals surface area (Å²) < 4.78 is 20.9. The molecule has 0 aliphatic carbocycles. The lowest BCUT2D eigenvalue weighted by Crippen LogP contribution is -1.98. The van der Waals surface area contributed by atoms with E-state index in [1.807, 2.05) is 22.9 Å². The summed E-state index contributed by atoms with van der Waals surface area (Å²) in [6, 6.07) is 4.04. The second-order valence-electron chi connectivity index (χ2n) is 2.65. The van der Waals surface area contributed by atoms with E-state index >= 15 is 0 Å². The largest absolute Gasteiger partial charge is 0.229 e. The van der Waals surface area contributed by atoms with Crippen molar-refractivity contribution in [2.24, 2.45) is 0 Å². The molecule has 0 atom stereocenters. The molecule has 2 rings (SSSR count). The van der Waals surface area contributed by atoms with E-state index in [1.165, 1.54) is 0 Å². The molecule has 1 aromatic rings. The van der Waals surface area contributed by atoms with Crippen LogP contribution in [-0.4, -0.2) is 19.9 Å². The van der Waals surface area contributed by atoms with Gasteiger partial charge in [0, 0.05) is 0 Å². The molecule has 0 aromatic carbocycles. The molecule has 1 aromatic heterocycles. The molecule has 0 unspecified atom stereocenters. The van der Waals surface area contributed by atoms with Crippen LogP contribution in [0.5, 0.6) is 0 Å². The predicted molar refractivity (Wildman–Crippen MR) is 52.2 cm³/mol. The maximum Gasteiger partial charge on any atom is 0.150 e. The molecule has 0 amide bonds. The minimum Gasteiger partial charge on any atom is -0.229 e. The van der Waals surface area contributed by atoms with Gasteiger partial charge in [-0.25, -0.2) is 8.42 Å². The molecule has 0 spiro atoms. The van der Waals surface area contributed by atoms with Crippen LogP contribution in [0, 0.1) is 0 Å². The Labute approximate surface area is 77.2 Å². The van der Waals surface area contributed by atoms with Crippen molar-refractivity contribution in [1.29, 1.82) is 0 Å². The average molecular weight is 204 g/mol. The van der Waals surface area contributed by atoms with Crippen molar-refractivity contribution in [3.63, 3.8) is 0 Å². The highest BCUT2D eigenvalue weighted by molar-refractivity contribution is 7.91. The molecule has 0 radical (unpaired) electrons. The van der Waals surface area contributed by atoms with Gasteiger partial charge in [-0.2, -0.15) is 11.3 Å². The highest BCUT2D eigenvalue weighted by Gasteiger charge is 2.16. The third-order valence-electron chi connectivity index (χ3n) is 1.59. The highest BCUT2D eigenvalue weighted by Crippen LogP contribution is 2.08. The highest BCUT2D eigenvalue weighted by atomic mass is 32.2. The van der Waals surface area contributed by atoms with Crippen LogP contribution in [0.2, 0.25) is 0 Å². The van der Waals surface area contributed by atoms with E-state index in [9.17, 15) is 8.42 Å². The van der Waals surface area contributed by atoms with Crippen molar-refractivity contribution < 1.29 is 8.42 Å². The smallest absolute Gasteiger partial charge is 0.150 e. The van der Waals surface area contributed by atoms with Gasteiger partial charge in [-0.05, 0) is 23.6 Å². The van der Waals surface area contributed by atoms with E-state index < -0.39 is 9.84 Å². The summed E-state index contributed by atoms with van der Waals surface area (Å²) >= 11 is 1.71. The predicted octanol–water partition coefficient (Wildman–Crippen LogP) is 1.94. The third kappa shape index (κ3) is 3.88. The Kier molecular flexibility index (Phi) is 3.75. The molecule has 0 N–H and O–H groups in total. The first-order valence-corrected chi connectivity index (χ1v) is 6.65. The van der Waals surface area contributed by atoms with Crippen molar-refractivity contribution in [3.05, 3.63) is 22.9 Å². The van der Waals surface area contributed by atoms with E-state index in [0.29, 0.717) is 11.5 Å². The normalized spacial score (nSPS) is 19.7. The molecule has 0 bridgehead atoms. The summed E-state index contributed by atoms with van der Waals surface area (Å²) in [7, 11) is -2.55. The van der Waals surface area contributed by atoms with Crippen LogP contribution in [0.15, 0.2) is 22.9 Å². The molecular weight excluding hydrogens is 192 g/mol. The molecule has 1 saturated heterocycles. The van der Waals surface area contributed by atoms with Crippen molar-refractivity contribution >= 4 is 21.2 Å². The Morgan fingerprint density at radius 1 is 1.00 bits per heavy atom. The number of sulfone groups is 1. The standard InChI is InChI=1S/C4H8O2S.C4H4S/c5-7(6)3-1-2-4-7;1-2-4-5-3-1/h1-4H2;1-4H. The van der Waals surface area contributed by atoms with Crippen LogP contribution in [-0.2, 0) is 9.84 Å². The third-order valence-corrected chi connectivity index (χ3v) is 4.04. The molecule has 0 saturated carbocycles. The molecule has 12 heavy (non-hydrogen) atoms. The van der Waals surface area contributed by atoms with Crippen LogP contribution >= 0.6 is 11.3 Å². The van der Waals surface area contributed by atoms with Crippen LogP contribution in [0.4, 0.5) is 0 Å². The lowest BCUT2D eigenvalue weighted by atomic mass is 10.4. The molecule has 1 aliphatic heterocycles. The lowest BCUT2D eigenvalue weighted by Gasteiger charge is -1.81.